The van der Waals surface area contributed by atoms with Crippen LogP contribution in [-0.2, 0) is 0 Å². The Bertz CT molecular complexity index is 1290. The maximum Gasteiger partial charge on any atom is 0.259 e. The fourth-order valence-corrected chi connectivity index (χ4v) is 4.40. The van der Waals surface area contributed by atoms with Crippen molar-refractivity contribution < 1.29 is 14.3 Å². The third-order valence-electron chi connectivity index (χ3n) is 5.71. The number of halogens is 1. The maximum atomic E-state index is 13.9. The van der Waals surface area contributed by atoms with Crippen molar-refractivity contribution in [1.82, 2.24) is 0 Å². The van der Waals surface area contributed by atoms with Gasteiger partial charge in [-0.2, -0.15) is 0 Å². The summed E-state index contributed by atoms with van der Waals surface area (Å²) in [6, 6.07) is 32.3. The number of carbonyl (C=O) groups excluding carboxylic acids is 2. The van der Waals surface area contributed by atoms with Crippen LogP contribution in [0.1, 0.15) is 32.4 Å². The molecule has 5 rings (SSSR count). The van der Waals surface area contributed by atoms with E-state index in [-0.39, 0.29) is 11.7 Å². The minimum Gasteiger partial charge on any atom is -0.482 e. The van der Waals surface area contributed by atoms with Crippen molar-refractivity contribution in [3.05, 3.63) is 130 Å². The molecule has 33 heavy (non-hydrogen) atoms. The first-order chi connectivity index (χ1) is 16.1. The molecular formula is C28H20BrNO3. The highest BCUT2D eigenvalue weighted by Crippen LogP contribution is 2.39. The van der Waals surface area contributed by atoms with E-state index in [1.807, 2.05) is 84.9 Å². The molecule has 1 heterocycles. The van der Waals surface area contributed by atoms with E-state index in [0.717, 1.165) is 10.0 Å². The van der Waals surface area contributed by atoms with Gasteiger partial charge in [-0.3, -0.25) is 14.5 Å². The number of ether oxygens (including phenoxy) is 1. The van der Waals surface area contributed by atoms with E-state index in [0.29, 0.717) is 22.6 Å². The number of hydrogen-bond donors (Lipinski definition) is 0. The Balaban J connectivity index is 1.70. The molecule has 2 unspecified atom stereocenters. The zero-order valence-electron chi connectivity index (χ0n) is 17.6. The third kappa shape index (κ3) is 4.08. The zero-order valence-corrected chi connectivity index (χ0v) is 19.2. The molecule has 0 aromatic heterocycles. The van der Waals surface area contributed by atoms with E-state index < -0.39 is 12.1 Å². The summed E-state index contributed by atoms with van der Waals surface area (Å²) >= 11 is 3.47. The smallest absolute Gasteiger partial charge is 0.259 e. The Morgan fingerprint density at radius 2 is 1.36 bits per heavy atom. The number of rotatable bonds is 4. The first kappa shape index (κ1) is 21.2. The average Bonchev–Trinajstić information content (AvgIpc) is 2.87. The number of benzene rings is 4. The minimum atomic E-state index is -0.879. The van der Waals surface area contributed by atoms with Crippen molar-refractivity contribution in [2.45, 2.75) is 12.1 Å². The first-order valence-electron chi connectivity index (χ1n) is 10.6. The molecular weight excluding hydrogens is 478 g/mol. The monoisotopic (exact) mass is 497 g/mol. The van der Waals surface area contributed by atoms with Gasteiger partial charge in [0.25, 0.3) is 5.91 Å². The van der Waals surface area contributed by atoms with Crippen LogP contribution < -0.4 is 9.64 Å². The van der Waals surface area contributed by atoms with Crippen molar-refractivity contribution in [3.8, 4) is 5.75 Å². The van der Waals surface area contributed by atoms with Crippen LogP contribution in [-0.4, -0.2) is 17.7 Å². The molecule has 0 radical (unpaired) electrons. The number of ketones is 1. The standard InChI is InChI=1S/C28H20BrNO3/c29-21-17-15-19(16-18-21)27-25(26(31)23-13-7-8-14-24(23)33-27)30(22-11-5-2-6-12-22)28(32)20-9-3-1-4-10-20/h1-18,25,27H. The quantitative estimate of drug-likeness (QED) is 0.324. The van der Waals surface area contributed by atoms with Gasteiger partial charge in [0.15, 0.2) is 11.9 Å². The lowest BCUT2D eigenvalue weighted by molar-refractivity contribution is 0.0730. The molecule has 0 saturated heterocycles. The number of anilines is 1. The van der Waals surface area contributed by atoms with Gasteiger partial charge in [-0.15, -0.1) is 0 Å². The van der Waals surface area contributed by atoms with Gasteiger partial charge < -0.3 is 4.74 Å². The van der Waals surface area contributed by atoms with Crippen molar-refractivity contribution in [2.75, 3.05) is 4.90 Å². The summed E-state index contributed by atoms with van der Waals surface area (Å²) in [5.74, 6) is 0.106. The van der Waals surface area contributed by atoms with Crippen molar-refractivity contribution >= 4 is 33.3 Å². The summed E-state index contributed by atoms with van der Waals surface area (Å²) in [6.45, 7) is 0. The number of para-hydroxylation sites is 2. The molecule has 0 fully saturated rings. The van der Waals surface area contributed by atoms with E-state index in [2.05, 4.69) is 15.9 Å². The second kappa shape index (κ2) is 9.04. The van der Waals surface area contributed by atoms with Crippen LogP contribution in [0.15, 0.2) is 114 Å². The molecule has 4 aromatic rings. The highest BCUT2D eigenvalue weighted by Gasteiger charge is 2.44. The van der Waals surface area contributed by atoms with Crippen molar-refractivity contribution in [1.29, 1.82) is 0 Å². The molecule has 1 aliphatic rings. The Hall–Kier alpha value is -3.70. The van der Waals surface area contributed by atoms with Gasteiger partial charge >= 0.3 is 0 Å². The second-order valence-corrected chi connectivity index (χ2v) is 8.69. The van der Waals surface area contributed by atoms with E-state index >= 15 is 0 Å². The lowest BCUT2D eigenvalue weighted by Gasteiger charge is -2.39. The summed E-state index contributed by atoms with van der Waals surface area (Å²) in [7, 11) is 0. The SMILES string of the molecule is O=C1c2ccccc2OC(c2ccc(Br)cc2)C1N(C(=O)c1ccccc1)c1ccccc1. The lowest BCUT2D eigenvalue weighted by atomic mass is 9.89. The molecule has 4 nitrogen and oxygen atoms in total. The van der Waals surface area contributed by atoms with Crippen LogP contribution in [0.2, 0.25) is 0 Å². The zero-order chi connectivity index (χ0) is 22.8. The van der Waals surface area contributed by atoms with E-state index in [1.165, 1.54) is 0 Å². The van der Waals surface area contributed by atoms with E-state index in [4.69, 9.17) is 4.74 Å². The van der Waals surface area contributed by atoms with Crippen molar-refractivity contribution in [3.63, 3.8) is 0 Å². The molecule has 1 aliphatic heterocycles. The van der Waals surface area contributed by atoms with E-state index in [1.54, 1.807) is 29.2 Å². The molecule has 0 bridgehead atoms. The number of carbonyl (C=O) groups is 2. The van der Waals surface area contributed by atoms with Gasteiger partial charge in [0, 0.05) is 15.7 Å². The molecule has 2 atom stereocenters. The van der Waals surface area contributed by atoms with Crippen LogP contribution in [0.4, 0.5) is 5.69 Å². The molecule has 0 N–H and O–H groups in total. The Morgan fingerprint density at radius 1 is 0.758 bits per heavy atom. The van der Waals surface area contributed by atoms with Gasteiger partial charge in [-0.05, 0) is 54.1 Å². The number of fused-ring (bicyclic) bond motifs is 1. The fraction of sp³-hybridized carbons (Fsp3) is 0.0714. The molecule has 162 valence electrons. The van der Waals surface area contributed by atoms with Crippen LogP contribution in [0.5, 0.6) is 5.75 Å². The minimum absolute atomic E-state index is 0.155. The van der Waals surface area contributed by atoms with Gasteiger partial charge in [0.05, 0.1) is 5.56 Å². The van der Waals surface area contributed by atoms with Crippen LogP contribution in [0.25, 0.3) is 0 Å². The normalized spacial score (nSPS) is 17.1. The highest BCUT2D eigenvalue weighted by molar-refractivity contribution is 9.10. The maximum absolute atomic E-state index is 13.9. The third-order valence-corrected chi connectivity index (χ3v) is 6.24. The predicted molar refractivity (Wildman–Crippen MR) is 132 cm³/mol. The van der Waals surface area contributed by atoms with Gasteiger partial charge in [-0.1, -0.05) is 76.6 Å². The van der Waals surface area contributed by atoms with Gasteiger partial charge in [-0.25, -0.2) is 0 Å². The number of amides is 1. The van der Waals surface area contributed by atoms with Crippen LogP contribution in [0, 0.1) is 0 Å². The predicted octanol–water partition coefficient (Wildman–Crippen LogP) is 6.48. The van der Waals surface area contributed by atoms with Gasteiger partial charge in [0.2, 0.25) is 0 Å². The number of nitrogens with zero attached hydrogens (tertiary/aromatic N) is 1. The summed E-state index contributed by atoms with van der Waals surface area (Å²) in [6.07, 6.45) is -0.673. The lowest BCUT2D eigenvalue weighted by Crippen LogP contribution is -2.52. The van der Waals surface area contributed by atoms with Crippen LogP contribution in [0.3, 0.4) is 0 Å². The molecule has 0 saturated carbocycles. The molecule has 5 heteroatoms. The topological polar surface area (TPSA) is 46.6 Å². The number of Topliss-reactive ketones (excluding diaryl/α,β-unsaturated/α-hetero) is 1. The highest BCUT2D eigenvalue weighted by atomic mass is 79.9. The first-order valence-corrected chi connectivity index (χ1v) is 11.4. The molecule has 0 spiro atoms. The summed E-state index contributed by atoms with van der Waals surface area (Å²) in [5, 5.41) is 0. The van der Waals surface area contributed by atoms with E-state index in [9.17, 15) is 9.59 Å². The second-order valence-electron chi connectivity index (χ2n) is 7.77. The molecule has 4 aromatic carbocycles. The average molecular weight is 498 g/mol. The molecule has 0 aliphatic carbocycles. The fourth-order valence-electron chi connectivity index (χ4n) is 4.14. The summed E-state index contributed by atoms with van der Waals surface area (Å²) in [4.78, 5) is 29.3. The Morgan fingerprint density at radius 3 is 2.06 bits per heavy atom. The molecule has 1 amide bonds. The van der Waals surface area contributed by atoms with Gasteiger partial charge in [0.1, 0.15) is 11.8 Å². The van der Waals surface area contributed by atoms with Crippen molar-refractivity contribution in [2.24, 2.45) is 0 Å². The Labute approximate surface area is 200 Å². The Kier molecular flexibility index (Phi) is 5.80. The summed E-state index contributed by atoms with van der Waals surface area (Å²) < 4.78 is 7.32. The van der Waals surface area contributed by atoms with Crippen LogP contribution >= 0.6 is 15.9 Å². The summed E-state index contributed by atoms with van der Waals surface area (Å²) in [5.41, 5.74) is 2.42. The largest absolute Gasteiger partial charge is 0.482 e. The number of hydrogen-bond acceptors (Lipinski definition) is 3.